The van der Waals surface area contributed by atoms with E-state index in [1.165, 1.54) is 71.5 Å². The van der Waals surface area contributed by atoms with E-state index < -0.39 is 0 Å². The molecule has 0 spiro atoms. The van der Waals surface area contributed by atoms with Gasteiger partial charge in [-0.15, -0.1) is 0 Å². The Hall–Kier alpha value is -0.120. The fourth-order valence-electron chi connectivity index (χ4n) is 3.86. The molecule has 1 N–H and O–H groups in total. The van der Waals surface area contributed by atoms with Gasteiger partial charge in [0.2, 0.25) is 0 Å². The van der Waals surface area contributed by atoms with Crippen LogP contribution in [-0.4, -0.2) is 61.7 Å². The van der Waals surface area contributed by atoms with E-state index in [0.29, 0.717) is 0 Å². The highest BCUT2D eigenvalue weighted by Gasteiger charge is 2.29. The van der Waals surface area contributed by atoms with Gasteiger partial charge < -0.3 is 15.1 Å². The molecule has 3 nitrogen and oxygen atoms in total. The van der Waals surface area contributed by atoms with Crippen LogP contribution in [0.2, 0.25) is 0 Å². The van der Waals surface area contributed by atoms with Crippen molar-refractivity contribution >= 4 is 0 Å². The van der Waals surface area contributed by atoms with E-state index in [-0.39, 0.29) is 0 Å². The molecule has 3 atom stereocenters. The van der Waals surface area contributed by atoms with E-state index in [1.54, 1.807) is 0 Å². The molecule has 2 rings (SSSR count). The van der Waals surface area contributed by atoms with Crippen molar-refractivity contribution in [3.8, 4) is 0 Å². The predicted octanol–water partition coefficient (Wildman–Crippen LogP) is 2.43. The summed E-state index contributed by atoms with van der Waals surface area (Å²) < 4.78 is 0. The van der Waals surface area contributed by atoms with Crippen molar-refractivity contribution in [1.29, 1.82) is 0 Å². The molecule has 20 heavy (non-hydrogen) atoms. The Labute approximate surface area is 126 Å². The van der Waals surface area contributed by atoms with Crippen LogP contribution in [0.3, 0.4) is 0 Å². The lowest BCUT2D eigenvalue weighted by molar-refractivity contribution is 0.143. The number of nitrogens with zero attached hydrogens (tertiary/aromatic N) is 2. The lowest BCUT2D eigenvalue weighted by atomic mass is 9.87. The lowest BCUT2D eigenvalue weighted by Gasteiger charge is -2.34. The van der Waals surface area contributed by atoms with Crippen molar-refractivity contribution in [1.82, 2.24) is 15.1 Å². The molecule has 0 amide bonds. The summed E-state index contributed by atoms with van der Waals surface area (Å²) in [6.07, 6.45) is 5.56. The highest BCUT2D eigenvalue weighted by atomic mass is 15.2. The van der Waals surface area contributed by atoms with Crippen LogP contribution in [0, 0.1) is 11.8 Å². The van der Waals surface area contributed by atoms with Gasteiger partial charge in [-0.25, -0.2) is 0 Å². The largest absolute Gasteiger partial charge is 0.315 e. The second-order valence-electron chi connectivity index (χ2n) is 6.87. The summed E-state index contributed by atoms with van der Waals surface area (Å²) in [6.45, 7) is 15.9. The first-order valence-corrected chi connectivity index (χ1v) is 8.91. The molecular formula is C17H35N3. The maximum absolute atomic E-state index is 3.68. The molecule has 2 aliphatic heterocycles. The second-order valence-corrected chi connectivity index (χ2v) is 6.87. The molecule has 0 aliphatic carbocycles. The van der Waals surface area contributed by atoms with Gasteiger partial charge in [0, 0.05) is 32.2 Å². The summed E-state index contributed by atoms with van der Waals surface area (Å²) in [5, 5.41) is 3.68. The third-order valence-corrected chi connectivity index (χ3v) is 5.57. The highest BCUT2D eigenvalue weighted by Crippen LogP contribution is 2.26. The minimum absolute atomic E-state index is 0.761. The molecule has 0 aromatic heterocycles. The van der Waals surface area contributed by atoms with Crippen LogP contribution in [-0.2, 0) is 0 Å². The minimum Gasteiger partial charge on any atom is -0.315 e. The van der Waals surface area contributed by atoms with Crippen molar-refractivity contribution in [3.63, 3.8) is 0 Å². The molecule has 0 aromatic rings. The third kappa shape index (κ3) is 4.44. The molecule has 2 fully saturated rings. The smallest absolute Gasteiger partial charge is 0.0107 e. The number of rotatable bonds is 4. The van der Waals surface area contributed by atoms with E-state index in [0.717, 1.165) is 17.9 Å². The summed E-state index contributed by atoms with van der Waals surface area (Å²) in [7, 11) is 0. The quantitative estimate of drug-likeness (QED) is 0.854. The molecule has 118 valence electrons. The van der Waals surface area contributed by atoms with Crippen molar-refractivity contribution in [3.05, 3.63) is 0 Å². The number of nitrogens with one attached hydrogen (secondary N) is 1. The van der Waals surface area contributed by atoms with Gasteiger partial charge in [-0.3, -0.25) is 0 Å². The van der Waals surface area contributed by atoms with Crippen LogP contribution in [0.25, 0.3) is 0 Å². The standard InChI is InChI=1S/C17H35N3/c1-4-15(3)20-10-7-6-8-16(14-20)17-12-18-9-11-19(5-2)13-17/h15-18H,4-14H2,1-3H3. The van der Waals surface area contributed by atoms with E-state index >= 15 is 0 Å². The van der Waals surface area contributed by atoms with Crippen molar-refractivity contribution in [2.75, 3.05) is 45.8 Å². The molecule has 0 radical (unpaired) electrons. The number of likely N-dealkylation sites (N-methyl/N-ethyl adjacent to an activating group) is 1. The maximum Gasteiger partial charge on any atom is 0.0107 e. The summed E-state index contributed by atoms with van der Waals surface area (Å²) >= 11 is 0. The van der Waals surface area contributed by atoms with E-state index in [9.17, 15) is 0 Å². The zero-order valence-electron chi connectivity index (χ0n) is 13.9. The normalized spacial score (nSPS) is 32.5. The van der Waals surface area contributed by atoms with Gasteiger partial charge in [0.15, 0.2) is 0 Å². The van der Waals surface area contributed by atoms with Gasteiger partial charge in [0.25, 0.3) is 0 Å². The lowest BCUT2D eigenvalue weighted by Crippen LogP contribution is -2.41. The monoisotopic (exact) mass is 281 g/mol. The minimum atomic E-state index is 0.761. The zero-order valence-corrected chi connectivity index (χ0v) is 13.9. The van der Waals surface area contributed by atoms with Crippen LogP contribution in [0.1, 0.15) is 46.5 Å². The van der Waals surface area contributed by atoms with Crippen LogP contribution in [0.15, 0.2) is 0 Å². The Bertz CT molecular complexity index is 269. The zero-order chi connectivity index (χ0) is 14.4. The third-order valence-electron chi connectivity index (χ3n) is 5.57. The maximum atomic E-state index is 3.68. The first-order valence-electron chi connectivity index (χ1n) is 8.91. The Kier molecular flexibility index (Phi) is 6.79. The van der Waals surface area contributed by atoms with Crippen molar-refractivity contribution in [2.24, 2.45) is 11.8 Å². The average molecular weight is 281 g/mol. The van der Waals surface area contributed by atoms with Crippen molar-refractivity contribution < 1.29 is 0 Å². The summed E-state index contributed by atoms with van der Waals surface area (Å²) in [6, 6.07) is 0.761. The SMILES string of the molecule is CCC(C)N1CCCCC(C2CNCCN(CC)C2)C1. The molecule has 2 heterocycles. The van der Waals surface area contributed by atoms with E-state index in [2.05, 4.69) is 35.9 Å². The van der Waals surface area contributed by atoms with Gasteiger partial charge in [0.1, 0.15) is 0 Å². The molecular weight excluding hydrogens is 246 g/mol. The first kappa shape index (κ1) is 16.3. The highest BCUT2D eigenvalue weighted by molar-refractivity contribution is 4.84. The van der Waals surface area contributed by atoms with Gasteiger partial charge in [-0.2, -0.15) is 0 Å². The van der Waals surface area contributed by atoms with Crippen molar-refractivity contribution in [2.45, 2.75) is 52.5 Å². The fraction of sp³-hybridized carbons (Fsp3) is 1.00. The molecule has 0 aromatic carbocycles. The molecule has 0 bridgehead atoms. The second kappa shape index (κ2) is 8.35. The Morgan fingerprint density at radius 1 is 1.10 bits per heavy atom. The number of hydrogen-bond acceptors (Lipinski definition) is 3. The fourth-order valence-corrected chi connectivity index (χ4v) is 3.86. The predicted molar refractivity (Wildman–Crippen MR) is 87.1 cm³/mol. The summed E-state index contributed by atoms with van der Waals surface area (Å²) in [4.78, 5) is 5.40. The van der Waals surface area contributed by atoms with E-state index in [4.69, 9.17) is 0 Å². The van der Waals surface area contributed by atoms with Gasteiger partial charge in [-0.05, 0) is 57.7 Å². The van der Waals surface area contributed by atoms with Gasteiger partial charge >= 0.3 is 0 Å². The molecule has 3 heteroatoms. The van der Waals surface area contributed by atoms with Gasteiger partial charge in [0.05, 0.1) is 0 Å². The van der Waals surface area contributed by atoms with Crippen LogP contribution >= 0.6 is 0 Å². The van der Waals surface area contributed by atoms with Crippen LogP contribution in [0.5, 0.6) is 0 Å². The molecule has 2 saturated heterocycles. The van der Waals surface area contributed by atoms with E-state index in [1.807, 2.05) is 0 Å². The Balaban J connectivity index is 1.97. The number of likely N-dealkylation sites (tertiary alicyclic amines) is 1. The average Bonchev–Trinajstić information content (AvgIpc) is 2.86. The Morgan fingerprint density at radius 2 is 1.95 bits per heavy atom. The first-order chi connectivity index (χ1) is 9.74. The summed E-state index contributed by atoms with van der Waals surface area (Å²) in [5.41, 5.74) is 0. The van der Waals surface area contributed by atoms with Gasteiger partial charge in [-0.1, -0.05) is 20.3 Å². The number of hydrogen-bond donors (Lipinski definition) is 1. The Morgan fingerprint density at radius 3 is 2.70 bits per heavy atom. The topological polar surface area (TPSA) is 18.5 Å². The van der Waals surface area contributed by atoms with Crippen LogP contribution < -0.4 is 5.32 Å². The van der Waals surface area contributed by atoms with Crippen LogP contribution in [0.4, 0.5) is 0 Å². The summed E-state index contributed by atoms with van der Waals surface area (Å²) in [5.74, 6) is 1.74. The molecule has 3 unspecified atom stereocenters. The molecule has 0 saturated carbocycles. The molecule has 2 aliphatic rings.